The van der Waals surface area contributed by atoms with E-state index in [1.165, 1.54) is 0 Å². The Morgan fingerprint density at radius 2 is 2.11 bits per heavy atom. The second-order valence-corrected chi connectivity index (χ2v) is 4.30. The van der Waals surface area contributed by atoms with Crippen LogP contribution in [0.4, 0.5) is 18.0 Å². The fourth-order valence-electron chi connectivity index (χ4n) is 2.27. The minimum Gasteiger partial charge on any atom is -0.465 e. The number of hydrogen-bond acceptors (Lipinski definition) is 2. The number of nitriles is 1. The highest BCUT2D eigenvalue weighted by Gasteiger charge is 2.37. The van der Waals surface area contributed by atoms with Crippen LogP contribution in [-0.2, 0) is 0 Å². The highest BCUT2D eigenvalue weighted by Crippen LogP contribution is 2.34. The lowest BCUT2D eigenvalue weighted by atomic mass is 9.96. The van der Waals surface area contributed by atoms with E-state index in [1.807, 2.05) is 0 Å². The first-order chi connectivity index (χ1) is 8.93. The lowest BCUT2D eigenvalue weighted by molar-refractivity contribution is 0.147. The number of carboxylic acid groups (broad SMARTS) is 1. The number of hydrogen-bond donors (Lipinski definition) is 1. The second-order valence-electron chi connectivity index (χ2n) is 4.30. The zero-order valence-corrected chi connectivity index (χ0v) is 9.61. The van der Waals surface area contributed by atoms with Crippen LogP contribution in [0.3, 0.4) is 0 Å². The smallest absolute Gasteiger partial charge is 0.408 e. The van der Waals surface area contributed by atoms with Crippen molar-refractivity contribution in [2.24, 2.45) is 0 Å². The van der Waals surface area contributed by atoms with Crippen LogP contribution >= 0.6 is 0 Å². The lowest BCUT2D eigenvalue weighted by Gasteiger charge is -2.15. The molecule has 0 spiro atoms. The molecule has 1 heterocycles. The minimum atomic E-state index is -1.32. The zero-order chi connectivity index (χ0) is 14.2. The molecule has 1 unspecified atom stereocenters. The summed E-state index contributed by atoms with van der Waals surface area (Å²) in [7, 11) is 0. The van der Waals surface area contributed by atoms with Crippen molar-refractivity contribution in [2.75, 3.05) is 6.54 Å². The molecule has 0 radical (unpaired) electrons. The van der Waals surface area contributed by atoms with E-state index in [2.05, 4.69) is 0 Å². The summed E-state index contributed by atoms with van der Waals surface area (Å²) in [6.07, 6.45) is -1.30. The Morgan fingerprint density at radius 1 is 1.42 bits per heavy atom. The Balaban J connectivity index is 2.35. The van der Waals surface area contributed by atoms with Crippen LogP contribution in [0.1, 0.15) is 17.9 Å². The Morgan fingerprint density at radius 3 is 2.63 bits per heavy atom. The molecule has 4 nitrogen and oxygen atoms in total. The maximum Gasteiger partial charge on any atom is 0.408 e. The molecule has 1 aliphatic heterocycles. The summed E-state index contributed by atoms with van der Waals surface area (Å²) in [5, 5.41) is 17.7. The largest absolute Gasteiger partial charge is 0.465 e. The number of rotatable bonds is 1. The van der Waals surface area contributed by atoms with Crippen LogP contribution in [0.5, 0.6) is 0 Å². The second kappa shape index (κ2) is 4.80. The predicted octanol–water partition coefficient (Wildman–Crippen LogP) is 2.46. The number of halogens is 3. The van der Waals surface area contributed by atoms with Gasteiger partial charge >= 0.3 is 6.09 Å². The first-order valence-corrected chi connectivity index (χ1v) is 5.47. The number of nitrogens with zero attached hydrogens (tertiary/aromatic N) is 2. The van der Waals surface area contributed by atoms with Crippen LogP contribution < -0.4 is 0 Å². The number of benzene rings is 1. The average molecular weight is 270 g/mol. The summed E-state index contributed by atoms with van der Waals surface area (Å²) in [6, 6.07) is 2.10. The van der Waals surface area contributed by atoms with E-state index >= 15 is 0 Å². The third kappa shape index (κ3) is 2.34. The molecule has 1 aliphatic rings. The number of likely N-dealkylation sites (tertiary alicyclic amines) is 1. The van der Waals surface area contributed by atoms with E-state index in [1.54, 1.807) is 6.07 Å². The maximum absolute atomic E-state index is 13.6. The molecule has 2 atom stereocenters. The van der Waals surface area contributed by atoms with Gasteiger partial charge in [-0.05, 0) is 18.1 Å². The van der Waals surface area contributed by atoms with Crippen molar-refractivity contribution < 1.29 is 23.1 Å². The fraction of sp³-hybridized carbons (Fsp3) is 0.333. The Bertz CT molecular complexity index is 571. The molecule has 0 saturated carbocycles. The highest BCUT2D eigenvalue weighted by atomic mass is 19.2. The number of amides is 1. The van der Waals surface area contributed by atoms with Crippen LogP contribution in [-0.4, -0.2) is 28.7 Å². The Kier molecular flexibility index (Phi) is 3.34. The summed E-state index contributed by atoms with van der Waals surface area (Å²) in [4.78, 5) is 11.7. The van der Waals surface area contributed by atoms with Gasteiger partial charge in [-0.25, -0.2) is 18.0 Å². The van der Waals surface area contributed by atoms with Crippen LogP contribution in [0, 0.1) is 28.8 Å². The topological polar surface area (TPSA) is 64.3 Å². The Hall–Kier alpha value is -2.23. The van der Waals surface area contributed by atoms with Gasteiger partial charge in [-0.1, -0.05) is 0 Å². The van der Waals surface area contributed by atoms with Crippen molar-refractivity contribution in [3.05, 3.63) is 35.1 Å². The van der Waals surface area contributed by atoms with Crippen LogP contribution in [0.25, 0.3) is 0 Å². The standard InChI is InChI=1S/C12H9F3N2O2/c13-7-2-9(11(15)10(14)3-7)6-1-8(4-16)17(5-6)12(18)19/h2-3,6,8H,1,5H2,(H,18,19)/t6-,8?/m0/s1. The monoisotopic (exact) mass is 270 g/mol. The van der Waals surface area contributed by atoms with Gasteiger partial charge in [0, 0.05) is 18.5 Å². The third-order valence-electron chi connectivity index (χ3n) is 3.16. The van der Waals surface area contributed by atoms with Crippen molar-refractivity contribution in [1.82, 2.24) is 4.90 Å². The van der Waals surface area contributed by atoms with E-state index in [-0.39, 0.29) is 18.5 Å². The van der Waals surface area contributed by atoms with Gasteiger partial charge in [-0.3, -0.25) is 4.90 Å². The summed E-state index contributed by atoms with van der Waals surface area (Å²) in [5.41, 5.74) is -0.235. The van der Waals surface area contributed by atoms with Crippen molar-refractivity contribution in [2.45, 2.75) is 18.4 Å². The van der Waals surface area contributed by atoms with Gasteiger partial charge in [0.1, 0.15) is 11.9 Å². The number of carbonyl (C=O) groups is 1. The molecule has 19 heavy (non-hydrogen) atoms. The average Bonchev–Trinajstić information content (AvgIpc) is 2.77. The van der Waals surface area contributed by atoms with Gasteiger partial charge in [-0.2, -0.15) is 5.26 Å². The van der Waals surface area contributed by atoms with Gasteiger partial charge in [0.25, 0.3) is 0 Å². The molecule has 1 N–H and O–H groups in total. The zero-order valence-electron chi connectivity index (χ0n) is 9.61. The van der Waals surface area contributed by atoms with E-state index < -0.39 is 35.5 Å². The van der Waals surface area contributed by atoms with E-state index in [0.717, 1.165) is 11.0 Å². The predicted molar refractivity (Wildman–Crippen MR) is 57.8 cm³/mol. The fourth-order valence-corrected chi connectivity index (χ4v) is 2.27. The SMILES string of the molecule is N#CC1C[C@H](c2cc(F)cc(F)c2F)CN1C(=O)O. The molecule has 0 aliphatic carbocycles. The van der Waals surface area contributed by atoms with E-state index in [9.17, 15) is 18.0 Å². The summed E-state index contributed by atoms with van der Waals surface area (Å²) < 4.78 is 39.8. The van der Waals surface area contributed by atoms with Gasteiger partial charge in [0.2, 0.25) is 0 Å². The third-order valence-corrected chi connectivity index (χ3v) is 3.16. The molecule has 1 aromatic rings. The highest BCUT2D eigenvalue weighted by molar-refractivity contribution is 5.66. The van der Waals surface area contributed by atoms with Crippen molar-refractivity contribution in [3.63, 3.8) is 0 Å². The van der Waals surface area contributed by atoms with Crippen LogP contribution in [0.15, 0.2) is 12.1 Å². The molecule has 2 rings (SSSR count). The van der Waals surface area contributed by atoms with Crippen molar-refractivity contribution >= 4 is 6.09 Å². The molecule has 0 bridgehead atoms. The summed E-state index contributed by atoms with van der Waals surface area (Å²) in [5.74, 6) is -4.19. The van der Waals surface area contributed by atoms with E-state index in [4.69, 9.17) is 10.4 Å². The van der Waals surface area contributed by atoms with Gasteiger partial charge in [0.15, 0.2) is 11.6 Å². The maximum atomic E-state index is 13.6. The van der Waals surface area contributed by atoms with E-state index in [0.29, 0.717) is 6.07 Å². The van der Waals surface area contributed by atoms with Gasteiger partial charge < -0.3 is 5.11 Å². The van der Waals surface area contributed by atoms with Gasteiger partial charge in [0.05, 0.1) is 6.07 Å². The lowest BCUT2D eigenvalue weighted by Crippen LogP contribution is -2.33. The van der Waals surface area contributed by atoms with Gasteiger partial charge in [-0.15, -0.1) is 0 Å². The molecule has 100 valence electrons. The molecule has 1 aromatic carbocycles. The molecule has 1 fully saturated rings. The molecule has 7 heteroatoms. The molecule has 0 aromatic heterocycles. The van der Waals surface area contributed by atoms with Crippen molar-refractivity contribution in [1.29, 1.82) is 5.26 Å². The minimum absolute atomic E-state index is 0.0165. The molecule has 1 amide bonds. The molecule has 1 saturated heterocycles. The first-order valence-electron chi connectivity index (χ1n) is 5.47. The van der Waals surface area contributed by atoms with Crippen LogP contribution in [0.2, 0.25) is 0 Å². The quantitative estimate of drug-likeness (QED) is 0.797. The summed E-state index contributed by atoms with van der Waals surface area (Å²) >= 11 is 0. The Labute approximate surface area is 106 Å². The first kappa shape index (κ1) is 13.2. The molecular formula is C12H9F3N2O2. The normalized spacial score (nSPS) is 22.3. The molecular weight excluding hydrogens is 261 g/mol. The van der Waals surface area contributed by atoms with Crippen molar-refractivity contribution in [3.8, 4) is 6.07 Å². The summed E-state index contributed by atoms with van der Waals surface area (Å²) in [6.45, 7) is -0.159.